The van der Waals surface area contributed by atoms with Gasteiger partial charge in [0.15, 0.2) is 0 Å². The van der Waals surface area contributed by atoms with Crippen molar-refractivity contribution in [3.63, 3.8) is 0 Å². The van der Waals surface area contributed by atoms with Gasteiger partial charge in [0.25, 0.3) is 5.91 Å². The molecule has 1 aliphatic rings. The van der Waals surface area contributed by atoms with Crippen LogP contribution >= 0.6 is 11.6 Å². The van der Waals surface area contributed by atoms with Crippen LogP contribution in [0.2, 0.25) is 5.02 Å². The Morgan fingerprint density at radius 1 is 1.36 bits per heavy atom. The molecule has 2 heterocycles. The first-order valence-corrected chi connectivity index (χ1v) is 7.02. The van der Waals surface area contributed by atoms with Gasteiger partial charge in [0, 0.05) is 6.54 Å². The molecule has 1 saturated heterocycles. The molecular formula is C13H12ClN5O3. The molecule has 1 aromatic carbocycles. The van der Waals surface area contributed by atoms with Crippen LogP contribution < -0.4 is 0 Å². The fraction of sp³-hybridized carbons (Fsp3) is 0.308. The highest BCUT2D eigenvalue weighted by atomic mass is 35.5. The molecule has 1 unspecified atom stereocenters. The van der Waals surface area contributed by atoms with Crippen LogP contribution in [0.1, 0.15) is 23.2 Å². The largest absolute Gasteiger partial charge is 0.480 e. The van der Waals surface area contributed by atoms with Gasteiger partial charge in [-0.3, -0.25) is 4.79 Å². The maximum Gasteiger partial charge on any atom is 0.326 e. The third kappa shape index (κ3) is 2.52. The van der Waals surface area contributed by atoms with Crippen LogP contribution in [0.4, 0.5) is 0 Å². The van der Waals surface area contributed by atoms with Gasteiger partial charge in [-0.05, 0) is 41.5 Å². The molecule has 8 nitrogen and oxygen atoms in total. The Labute approximate surface area is 130 Å². The molecule has 0 bridgehead atoms. The molecule has 1 aromatic heterocycles. The Morgan fingerprint density at radius 3 is 2.82 bits per heavy atom. The molecule has 0 radical (unpaired) electrons. The molecule has 0 saturated carbocycles. The van der Waals surface area contributed by atoms with E-state index in [0.717, 1.165) is 0 Å². The summed E-state index contributed by atoms with van der Waals surface area (Å²) in [5.41, 5.74) is 0.884. The zero-order chi connectivity index (χ0) is 15.7. The van der Waals surface area contributed by atoms with Crippen LogP contribution in [-0.2, 0) is 4.79 Å². The van der Waals surface area contributed by atoms with E-state index in [4.69, 9.17) is 16.7 Å². The number of nitrogens with zero attached hydrogens (tertiary/aromatic N) is 5. The van der Waals surface area contributed by atoms with Crippen LogP contribution in [-0.4, -0.2) is 54.7 Å². The number of carbonyl (C=O) groups is 2. The summed E-state index contributed by atoms with van der Waals surface area (Å²) in [6, 6.07) is 3.99. The van der Waals surface area contributed by atoms with E-state index in [2.05, 4.69) is 15.5 Å². The molecule has 3 rings (SSSR count). The van der Waals surface area contributed by atoms with E-state index in [1.807, 2.05) is 0 Å². The molecule has 22 heavy (non-hydrogen) atoms. The Bertz CT molecular complexity index is 718. The standard InChI is InChI=1S/C13H12ClN5O3/c14-10-6-8(19-7-15-16-17-19)3-4-9(10)12(20)18-5-1-2-11(18)13(21)22/h3-4,6-7,11H,1-2,5H2,(H,21,22). The maximum absolute atomic E-state index is 12.5. The topological polar surface area (TPSA) is 101 Å². The second kappa shape index (κ2) is 5.72. The van der Waals surface area contributed by atoms with Gasteiger partial charge < -0.3 is 10.0 Å². The quantitative estimate of drug-likeness (QED) is 0.905. The van der Waals surface area contributed by atoms with Crippen LogP contribution in [0.15, 0.2) is 24.5 Å². The van der Waals surface area contributed by atoms with Crippen molar-refractivity contribution in [2.24, 2.45) is 0 Å². The summed E-state index contributed by atoms with van der Waals surface area (Å²) in [6.45, 7) is 0.418. The molecule has 9 heteroatoms. The van der Waals surface area contributed by atoms with Crippen molar-refractivity contribution in [2.75, 3.05) is 6.54 Å². The minimum absolute atomic E-state index is 0.231. The van der Waals surface area contributed by atoms with Crippen molar-refractivity contribution < 1.29 is 14.7 Å². The van der Waals surface area contributed by atoms with Gasteiger partial charge in [-0.1, -0.05) is 11.6 Å². The molecule has 0 aliphatic carbocycles. The number of hydrogen-bond acceptors (Lipinski definition) is 5. The SMILES string of the molecule is O=C(O)C1CCCN1C(=O)c1ccc(-n2cnnn2)cc1Cl. The van der Waals surface area contributed by atoms with Crippen molar-refractivity contribution in [3.05, 3.63) is 35.1 Å². The van der Waals surface area contributed by atoms with Crippen LogP contribution in [0.3, 0.4) is 0 Å². The van der Waals surface area contributed by atoms with E-state index in [0.29, 0.717) is 25.1 Å². The molecule has 1 aliphatic heterocycles. The van der Waals surface area contributed by atoms with Crippen LogP contribution in [0.25, 0.3) is 5.69 Å². The summed E-state index contributed by atoms with van der Waals surface area (Å²) >= 11 is 6.17. The second-order valence-corrected chi connectivity index (χ2v) is 5.32. The minimum Gasteiger partial charge on any atom is -0.480 e. The summed E-state index contributed by atoms with van der Waals surface area (Å²) in [7, 11) is 0. The Balaban J connectivity index is 1.89. The molecule has 114 valence electrons. The number of carboxylic acids is 1. The van der Waals surface area contributed by atoms with Crippen molar-refractivity contribution in [2.45, 2.75) is 18.9 Å². The van der Waals surface area contributed by atoms with Gasteiger partial charge >= 0.3 is 5.97 Å². The van der Waals surface area contributed by atoms with E-state index in [-0.39, 0.29) is 16.5 Å². The average molecular weight is 322 g/mol. The van der Waals surface area contributed by atoms with Gasteiger partial charge in [0.05, 0.1) is 16.3 Å². The molecule has 1 fully saturated rings. The zero-order valence-corrected chi connectivity index (χ0v) is 12.1. The summed E-state index contributed by atoms with van der Waals surface area (Å²) in [4.78, 5) is 25.0. The van der Waals surface area contributed by atoms with E-state index < -0.39 is 12.0 Å². The number of halogens is 1. The van der Waals surface area contributed by atoms with Crippen molar-refractivity contribution in [3.8, 4) is 5.69 Å². The molecule has 1 atom stereocenters. The highest BCUT2D eigenvalue weighted by Crippen LogP contribution is 2.25. The predicted molar refractivity (Wildman–Crippen MR) is 75.9 cm³/mol. The highest BCUT2D eigenvalue weighted by molar-refractivity contribution is 6.34. The number of benzene rings is 1. The number of amides is 1. The number of rotatable bonds is 3. The van der Waals surface area contributed by atoms with Gasteiger partial charge in [-0.25, -0.2) is 9.48 Å². The first-order chi connectivity index (χ1) is 10.6. The smallest absolute Gasteiger partial charge is 0.326 e. The number of aromatic nitrogens is 4. The number of carboxylic acid groups (broad SMARTS) is 1. The normalized spacial score (nSPS) is 17.7. The first kappa shape index (κ1) is 14.5. The van der Waals surface area contributed by atoms with Crippen LogP contribution in [0.5, 0.6) is 0 Å². The Morgan fingerprint density at radius 2 is 2.18 bits per heavy atom. The third-order valence-electron chi connectivity index (χ3n) is 3.60. The lowest BCUT2D eigenvalue weighted by Crippen LogP contribution is -2.40. The fourth-order valence-electron chi connectivity index (χ4n) is 2.52. The summed E-state index contributed by atoms with van der Waals surface area (Å²) in [5, 5.41) is 20.2. The lowest BCUT2D eigenvalue weighted by molar-refractivity contribution is -0.141. The van der Waals surface area contributed by atoms with Crippen molar-refractivity contribution >= 4 is 23.5 Å². The number of likely N-dealkylation sites (tertiary alicyclic amines) is 1. The van der Waals surface area contributed by atoms with Gasteiger partial charge in [-0.15, -0.1) is 5.10 Å². The number of carbonyl (C=O) groups excluding carboxylic acids is 1. The van der Waals surface area contributed by atoms with Gasteiger partial charge in [0.1, 0.15) is 12.4 Å². The number of aliphatic carboxylic acids is 1. The van der Waals surface area contributed by atoms with E-state index in [1.54, 1.807) is 18.2 Å². The third-order valence-corrected chi connectivity index (χ3v) is 3.91. The molecule has 0 spiro atoms. The highest BCUT2D eigenvalue weighted by Gasteiger charge is 2.35. The van der Waals surface area contributed by atoms with Gasteiger partial charge in [0.2, 0.25) is 0 Å². The molecule has 1 N–H and O–H groups in total. The lowest BCUT2D eigenvalue weighted by Gasteiger charge is -2.22. The van der Waals surface area contributed by atoms with Crippen molar-refractivity contribution in [1.82, 2.24) is 25.1 Å². The lowest BCUT2D eigenvalue weighted by atomic mass is 10.1. The number of tetrazole rings is 1. The van der Waals surface area contributed by atoms with E-state index in [1.165, 1.54) is 15.9 Å². The van der Waals surface area contributed by atoms with E-state index >= 15 is 0 Å². The molecule has 1 amide bonds. The van der Waals surface area contributed by atoms with Crippen LogP contribution in [0, 0.1) is 0 Å². The second-order valence-electron chi connectivity index (χ2n) is 4.91. The summed E-state index contributed by atoms with van der Waals surface area (Å²) in [5.74, 6) is -1.37. The average Bonchev–Trinajstić information content (AvgIpc) is 3.17. The monoisotopic (exact) mass is 321 g/mol. The Kier molecular flexibility index (Phi) is 3.76. The number of hydrogen-bond donors (Lipinski definition) is 1. The summed E-state index contributed by atoms with van der Waals surface area (Å²) < 4.78 is 1.41. The maximum atomic E-state index is 12.5. The Hall–Kier alpha value is -2.48. The first-order valence-electron chi connectivity index (χ1n) is 6.64. The van der Waals surface area contributed by atoms with Crippen molar-refractivity contribution in [1.29, 1.82) is 0 Å². The van der Waals surface area contributed by atoms with Gasteiger partial charge in [-0.2, -0.15) is 0 Å². The fourth-order valence-corrected chi connectivity index (χ4v) is 2.78. The predicted octanol–water partition coefficient (Wildman–Crippen LogP) is 1.00. The summed E-state index contributed by atoms with van der Waals surface area (Å²) in [6.07, 6.45) is 2.54. The molecular weight excluding hydrogens is 310 g/mol. The van der Waals surface area contributed by atoms with E-state index in [9.17, 15) is 9.59 Å². The zero-order valence-electron chi connectivity index (χ0n) is 11.4. The molecule has 2 aromatic rings. The minimum atomic E-state index is -0.993.